The predicted octanol–water partition coefficient (Wildman–Crippen LogP) is 3.19. The number of hydrogen-bond acceptors (Lipinski definition) is 3. The highest BCUT2D eigenvalue weighted by molar-refractivity contribution is 5.50. The van der Waals surface area contributed by atoms with Crippen LogP contribution < -0.4 is 15.0 Å². The quantitative estimate of drug-likeness (QED) is 0.866. The molecule has 1 aromatic carbocycles. The van der Waals surface area contributed by atoms with Gasteiger partial charge in [0.1, 0.15) is 0 Å². The Hall–Kier alpha value is -1.29. The molecule has 1 fully saturated rings. The molecule has 1 heterocycles. The summed E-state index contributed by atoms with van der Waals surface area (Å²) in [5.41, 5.74) is 0.958. The molecule has 0 radical (unpaired) electrons. The molecule has 0 aliphatic carbocycles. The van der Waals surface area contributed by atoms with E-state index in [0.717, 1.165) is 38.2 Å². The van der Waals surface area contributed by atoms with Gasteiger partial charge < -0.3 is 15.0 Å². The fraction of sp³-hybridized carbons (Fsp3) is 0.625. The summed E-state index contributed by atoms with van der Waals surface area (Å²) in [4.78, 5) is 2.25. The van der Waals surface area contributed by atoms with E-state index in [9.17, 15) is 4.39 Å². The van der Waals surface area contributed by atoms with E-state index in [2.05, 4.69) is 17.1 Å². The van der Waals surface area contributed by atoms with Crippen molar-refractivity contribution < 1.29 is 9.13 Å². The third kappa shape index (κ3) is 3.85. The Morgan fingerprint density at radius 3 is 2.65 bits per heavy atom. The van der Waals surface area contributed by atoms with Crippen molar-refractivity contribution in [3.8, 4) is 5.75 Å². The summed E-state index contributed by atoms with van der Waals surface area (Å²) in [7, 11) is 0. The third-order valence-electron chi connectivity index (χ3n) is 3.76. The van der Waals surface area contributed by atoms with E-state index in [4.69, 9.17) is 4.74 Å². The Morgan fingerprint density at radius 1 is 1.30 bits per heavy atom. The molecule has 1 aromatic rings. The van der Waals surface area contributed by atoms with E-state index in [-0.39, 0.29) is 5.82 Å². The van der Waals surface area contributed by atoms with Gasteiger partial charge >= 0.3 is 0 Å². The number of piperidine rings is 1. The van der Waals surface area contributed by atoms with Crippen LogP contribution in [0.1, 0.15) is 33.1 Å². The molecule has 0 bridgehead atoms. The molecule has 20 heavy (non-hydrogen) atoms. The van der Waals surface area contributed by atoms with Gasteiger partial charge in [-0.2, -0.15) is 0 Å². The number of benzene rings is 1. The van der Waals surface area contributed by atoms with Crippen LogP contribution in [0, 0.1) is 5.82 Å². The normalized spacial score (nSPS) is 16.4. The van der Waals surface area contributed by atoms with Gasteiger partial charge in [0.15, 0.2) is 11.6 Å². The zero-order valence-corrected chi connectivity index (χ0v) is 12.5. The van der Waals surface area contributed by atoms with Crippen LogP contribution in [0.5, 0.6) is 5.75 Å². The van der Waals surface area contributed by atoms with E-state index in [1.165, 1.54) is 6.42 Å². The summed E-state index contributed by atoms with van der Waals surface area (Å²) in [6, 6.07) is 5.88. The summed E-state index contributed by atoms with van der Waals surface area (Å²) < 4.78 is 19.1. The Bertz CT molecular complexity index is 417. The van der Waals surface area contributed by atoms with Crippen molar-refractivity contribution >= 4 is 5.69 Å². The molecule has 0 saturated carbocycles. The van der Waals surface area contributed by atoms with Crippen LogP contribution in [0.4, 0.5) is 10.1 Å². The number of hydrogen-bond donors (Lipinski definition) is 1. The summed E-state index contributed by atoms with van der Waals surface area (Å²) >= 11 is 0. The first-order valence-corrected chi connectivity index (χ1v) is 7.65. The first kappa shape index (κ1) is 15.1. The molecule has 1 aliphatic rings. The van der Waals surface area contributed by atoms with Crippen molar-refractivity contribution in [2.75, 3.05) is 31.1 Å². The Morgan fingerprint density at radius 2 is 2.05 bits per heavy atom. The van der Waals surface area contributed by atoms with Crippen molar-refractivity contribution in [1.82, 2.24) is 5.32 Å². The van der Waals surface area contributed by atoms with E-state index in [1.807, 2.05) is 13.0 Å². The molecule has 0 spiro atoms. The summed E-state index contributed by atoms with van der Waals surface area (Å²) in [5, 5.41) is 3.56. The Balaban J connectivity index is 1.91. The lowest BCUT2D eigenvalue weighted by molar-refractivity contribution is 0.321. The van der Waals surface area contributed by atoms with Crippen molar-refractivity contribution in [2.45, 2.75) is 39.2 Å². The van der Waals surface area contributed by atoms with Gasteiger partial charge in [0.25, 0.3) is 0 Å². The third-order valence-corrected chi connectivity index (χ3v) is 3.76. The standard InChI is InChI=1S/C16H25FN2O/c1-3-9-18-13-7-10-19(11-8-13)14-5-6-16(20-4-2)15(17)12-14/h5-6,12-13,18H,3-4,7-11H2,1-2H3. The second kappa shape index (κ2) is 7.48. The Labute approximate surface area is 121 Å². The lowest BCUT2D eigenvalue weighted by Gasteiger charge is -2.34. The van der Waals surface area contributed by atoms with E-state index in [1.54, 1.807) is 12.1 Å². The summed E-state index contributed by atoms with van der Waals surface area (Å²) in [6.45, 7) is 7.59. The average molecular weight is 280 g/mol. The van der Waals surface area contributed by atoms with Crippen LogP contribution in [-0.4, -0.2) is 32.3 Å². The topological polar surface area (TPSA) is 24.5 Å². The van der Waals surface area contributed by atoms with Gasteiger partial charge in [-0.15, -0.1) is 0 Å². The maximum atomic E-state index is 13.9. The van der Waals surface area contributed by atoms with Crippen LogP contribution in [0.2, 0.25) is 0 Å². The van der Waals surface area contributed by atoms with Gasteiger partial charge in [0.05, 0.1) is 6.61 Å². The van der Waals surface area contributed by atoms with Crippen molar-refractivity contribution in [1.29, 1.82) is 0 Å². The second-order valence-corrected chi connectivity index (χ2v) is 5.26. The van der Waals surface area contributed by atoms with Gasteiger partial charge in [-0.05, 0) is 44.9 Å². The van der Waals surface area contributed by atoms with Crippen LogP contribution in [-0.2, 0) is 0 Å². The minimum absolute atomic E-state index is 0.268. The highest BCUT2D eigenvalue weighted by atomic mass is 19.1. The van der Waals surface area contributed by atoms with Gasteiger partial charge in [0.2, 0.25) is 0 Å². The van der Waals surface area contributed by atoms with Crippen LogP contribution in [0.15, 0.2) is 18.2 Å². The maximum absolute atomic E-state index is 13.9. The highest BCUT2D eigenvalue weighted by Crippen LogP contribution is 2.26. The molecule has 0 unspecified atom stereocenters. The smallest absolute Gasteiger partial charge is 0.167 e. The molecule has 4 heteroatoms. The number of nitrogens with one attached hydrogen (secondary N) is 1. The minimum Gasteiger partial charge on any atom is -0.491 e. The lowest BCUT2D eigenvalue weighted by atomic mass is 10.0. The van der Waals surface area contributed by atoms with Gasteiger partial charge in [-0.25, -0.2) is 4.39 Å². The molecular weight excluding hydrogens is 255 g/mol. The predicted molar refractivity (Wildman–Crippen MR) is 81.1 cm³/mol. The SMILES string of the molecule is CCCNC1CCN(c2ccc(OCC)c(F)c2)CC1. The van der Waals surface area contributed by atoms with Crippen LogP contribution >= 0.6 is 0 Å². The van der Waals surface area contributed by atoms with Gasteiger partial charge in [-0.3, -0.25) is 0 Å². The minimum atomic E-state index is -0.268. The number of anilines is 1. The molecule has 1 N–H and O–H groups in total. The zero-order chi connectivity index (χ0) is 14.4. The summed E-state index contributed by atoms with van der Waals surface area (Å²) in [6.07, 6.45) is 3.41. The monoisotopic (exact) mass is 280 g/mol. The number of halogens is 1. The molecule has 0 aromatic heterocycles. The largest absolute Gasteiger partial charge is 0.491 e. The second-order valence-electron chi connectivity index (χ2n) is 5.26. The van der Waals surface area contributed by atoms with E-state index < -0.39 is 0 Å². The number of ether oxygens (including phenoxy) is 1. The zero-order valence-electron chi connectivity index (χ0n) is 12.5. The number of nitrogens with zero attached hydrogens (tertiary/aromatic N) is 1. The van der Waals surface area contributed by atoms with Crippen molar-refractivity contribution in [3.63, 3.8) is 0 Å². The maximum Gasteiger partial charge on any atom is 0.167 e. The van der Waals surface area contributed by atoms with Gasteiger partial charge in [-0.1, -0.05) is 6.92 Å². The average Bonchev–Trinajstić information content (AvgIpc) is 2.48. The highest BCUT2D eigenvalue weighted by Gasteiger charge is 2.19. The Kier molecular flexibility index (Phi) is 5.65. The van der Waals surface area contributed by atoms with Gasteiger partial charge in [0, 0.05) is 30.9 Å². The van der Waals surface area contributed by atoms with Crippen LogP contribution in [0.3, 0.4) is 0 Å². The molecular formula is C16H25FN2O. The van der Waals surface area contributed by atoms with E-state index >= 15 is 0 Å². The summed E-state index contributed by atoms with van der Waals surface area (Å²) in [5.74, 6) is 0.0753. The molecule has 112 valence electrons. The van der Waals surface area contributed by atoms with E-state index in [0.29, 0.717) is 18.4 Å². The first-order valence-electron chi connectivity index (χ1n) is 7.65. The molecule has 2 rings (SSSR count). The molecule has 1 aliphatic heterocycles. The fourth-order valence-electron chi connectivity index (χ4n) is 2.65. The molecule has 1 saturated heterocycles. The molecule has 3 nitrogen and oxygen atoms in total. The van der Waals surface area contributed by atoms with Crippen molar-refractivity contribution in [3.05, 3.63) is 24.0 Å². The van der Waals surface area contributed by atoms with Crippen molar-refractivity contribution in [2.24, 2.45) is 0 Å². The lowest BCUT2D eigenvalue weighted by Crippen LogP contribution is -2.42. The fourth-order valence-corrected chi connectivity index (χ4v) is 2.65. The molecule has 0 atom stereocenters. The van der Waals surface area contributed by atoms with Crippen LogP contribution in [0.25, 0.3) is 0 Å². The first-order chi connectivity index (χ1) is 9.74. The number of rotatable bonds is 6. The molecule has 0 amide bonds.